The molecule has 0 spiro atoms. The third-order valence-electron chi connectivity index (χ3n) is 2.71. The zero-order valence-electron chi connectivity index (χ0n) is 12.1. The van der Waals surface area contributed by atoms with Crippen molar-refractivity contribution in [2.75, 3.05) is 26.4 Å². The van der Waals surface area contributed by atoms with Crippen molar-refractivity contribution in [1.29, 1.82) is 0 Å². The first-order chi connectivity index (χ1) is 9.11. The molecule has 2 atom stereocenters. The molecule has 0 aliphatic heterocycles. The molecule has 0 radical (unpaired) electrons. The van der Waals surface area contributed by atoms with E-state index in [-0.39, 0.29) is 12.6 Å². The number of nitrogens with one attached hydrogen (secondary N) is 1. The Morgan fingerprint density at radius 3 is 2.79 bits per heavy atom. The van der Waals surface area contributed by atoms with Gasteiger partial charge in [-0.1, -0.05) is 12.1 Å². The SMILES string of the molecule is CCOCC(C)NCC(O)COc1cccc(C)c1. The standard InChI is InChI=1S/C15H25NO3/c1-4-18-10-13(3)16-9-14(17)11-19-15-7-5-6-12(2)8-15/h5-8,13-14,16-17H,4,9-11H2,1-3H3. The number of ether oxygens (including phenoxy) is 2. The van der Waals surface area contributed by atoms with Crippen LogP contribution >= 0.6 is 0 Å². The third kappa shape index (κ3) is 7.15. The molecule has 0 fully saturated rings. The van der Waals surface area contributed by atoms with E-state index >= 15 is 0 Å². The molecule has 0 heterocycles. The molecule has 4 nitrogen and oxygen atoms in total. The lowest BCUT2D eigenvalue weighted by Gasteiger charge is -2.17. The first-order valence-corrected chi connectivity index (χ1v) is 6.80. The highest BCUT2D eigenvalue weighted by Gasteiger charge is 2.08. The Kier molecular flexibility index (Phi) is 7.48. The fourth-order valence-corrected chi connectivity index (χ4v) is 1.65. The van der Waals surface area contributed by atoms with Crippen LogP contribution < -0.4 is 10.1 Å². The van der Waals surface area contributed by atoms with E-state index in [4.69, 9.17) is 9.47 Å². The number of rotatable bonds is 9. The minimum atomic E-state index is -0.524. The van der Waals surface area contributed by atoms with E-state index in [0.717, 1.165) is 11.3 Å². The maximum atomic E-state index is 9.83. The fraction of sp³-hybridized carbons (Fsp3) is 0.600. The summed E-state index contributed by atoms with van der Waals surface area (Å²) in [5.41, 5.74) is 1.15. The summed E-state index contributed by atoms with van der Waals surface area (Å²) in [6.07, 6.45) is -0.524. The van der Waals surface area contributed by atoms with E-state index in [9.17, 15) is 5.11 Å². The second kappa shape index (κ2) is 8.91. The predicted octanol–water partition coefficient (Wildman–Crippen LogP) is 1.75. The molecule has 0 aliphatic carbocycles. The monoisotopic (exact) mass is 267 g/mol. The summed E-state index contributed by atoms with van der Waals surface area (Å²) in [5.74, 6) is 0.793. The summed E-state index contributed by atoms with van der Waals surface area (Å²) >= 11 is 0. The van der Waals surface area contributed by atoms with Gasteiger partial charge in [-0.15, -0.1) is 0 Å². The van der Waals surface area contributed by atoms with Crippen molar-refractivity contribution >= 4 is 0 Å². The Labute approximate surface area is 115 Å². The smallest absolute Gasteiger partial charge is 0.119 e. The molecule has 0 aliphatic rings. The van der Waals surface area contributed by atoms with Crippen LogP contribution in [0, 0.1) is 6.92 Å². The van der Waals surface area contributed by atoms with Gasteiger partial charge in [-0.2, -0.15) is 0 Å². The average molecular weight is 267 g/mol. The topological polar surface area (TPSA) is 50.7 Å². The van der Waals surface area contributed by atoms with Crippen LogP contribution in [-0.2, 0) is 4.74 Å². The maximum absolute atomic E-state index is 9.83. The minimum Gasteiger partial charge on any atom is -0.491 e. The van der Waals surface area contributed by atoms with Gasteiger partial charge in [0.05, 0.1) is 6.61 Å². The third-order valence-corrected chi connectivity index (χ3v) is 2.71. The predicted molar refractivity (Wildman–Crippen MR) is 76.6 cm³/mol. The number of benzene rings is 1. The lowest BCUT2D eigenvalue weighted by Crippen LogP contribution is -2.38. The van der Waals surface area contributed by atoms with Gasteiger partial charge in [-0.05, 0) is 38.5 Å². The number of aryl methyl sites for hydroxylation is 1. The largest absolute Gasteiger partial charge is 0.491 e. The molecule has 1 rings (SSSR count). The van der Waals surface area contributed by atoms with Crippen molar-refractivity contribution in [3.8, 4) is 5.75 Å². The van der Waals surface area contributed by atoms with E-state index in [1.807, 2.05) is 45.0 Å². The second-order valence-corrected chi connectivity index (χ2v) is 4.75. The molecule has 0 aromatic heterocycles. The molecule has 1 aromatic carbocycles. The van der Waals surface area contributed by atoms with Crippen molar-refractivity contribution < 1.29 is 14.6 Å². The highest BCUT2D eigenvalue weighted by Crippen LogP contribution is 2.12. The summed E-state index contributed by atoms with van der Waals surface area (Å²) in [4.78, 5) is 0. The number of hydrogen-bond acceptors (Lipinski definition) is 4. The lowest BCUT2D eigenvalue weighted by molar-refractivity contribution is 0.0907. The highest BCUT2D eigenvalue weighted by molar-refractivity contribution is 5.27. The molecule has 0 saturated carbocycles. The first kappa shape index (κ1) is 16.0. The van der Waals surface area contributed by atoms with Crippen LogP contribution in [0.2, 0.25) is 0 Å². The quantitative estimate of drug-likeness (QED) is 0.715. The van der Waals surface area contributed by atoms with Crippen LogP contribution in [0.1, 0.15) is 19.4 Å². The van der Waals surface area contributed by atoms with Gasteiger partial charge in [0, 0.05) is 19.2 Å². The van der Waals surface area contributed by atoms with Crippen LogP contribution in [0.15, 0.2) is 24.3 Å². The van der Waals surface area contributed by atoms with Crippen LogP contribution in [0.5, 0.6) is 5.75 Å². The van der Waals surface area contributed by atoms with Gasteiger partial charge in [-0.25, -0.2) is 0 Å². The second-order valence-electron chi connectivity index (χ2n) is 4.75. The van der Waals surface area contributed by atoms with Gasteiger partial charge < -0.3 is 19.9 Å². The Hall–Kier alpha value is -1.10. The number of hydrogen-bond donors (Lipinski definition) is 2. The number of aliphatic hydroxyl groups excluding tert-OH is 1. The van der Waals surface area contributed by atoms with Crippen molar-refractivity contribution in [1.82, 2.24) is 5.32 Å². The molecule has 1 aromatic rings. The van der Waals surface area contributed by atoms with Gasteiger partial charge in [0.25, 0.3) is 0 Å². The van der Waals surface area contributed by atoms with E-state index in [1.165, 1.54) is 0 Å². The minimum absolute atomic E-state index is 0.230. The zero-order valence-corrected chi connectivity index (χ0v) is 12.1. The molecule has 19 heavy (non-hydrogen) atoms. The zero-order chi connectivity index (χ0) is 14.1. The molecular formula is C15H25NO3. The normalized spacial score (nSPS) is 14.1. The molecule has 4 heteroatoms. The van der Waals surface area contributed by atoms with Gasteiger partial charge in [0.1, 0.15) is 18.5 Å². The Morgan fingerprint density at radius 2 is 2.11 bits per heavy atom. The van der Waals surface area contributed by atoms with Gasteiger partial charge in [0.15, 0.2) is 0 Å². The Morgan fingerprint density at radius 1 is 1.32 bits per heavy atom. The highest BCUT2D eigenvalue weighted by atomic mass is 16.5. The van der Waals surface area contributed by atoms with E-state index in [0.29, 0.717) is 19.8 Å². The molecule has 108 valence electrons. The van der Waals surface area contributed by atoms with E-state index in [1.54, 1.807) is 0 Å². The number of aliphatic hydroxyl groups is 1. The van der Waals surface area contributed by atoms with Crippen LogP contribution in [0.25, 0.3) is 0 Å². The molecule has 2 N–H and O–H groups in total. The fourth-order valence-electron chi connectivity index (χ4n) is 1.65. The first-order valence-electron chi connectivity index (χ1n) is 6.80. The van der Waals surface area contributed by atoms with Crippen LogP contribution in [0.3, 0.4) is 0 Å². The van der Waals surface area contributed by atoms with Crippen LogP contribution in [-0.4, -0.2) is 43.6 Å². The Bertz CT molecular complexity index is 357. The van der Waals surface area contributed by atoms with Gasteiger partial charge in [0.2, 0.25) is 0 Å². The molecule has 2 unspecified atom stereocenters. The van der Waals surface area contributed by atoms with Crippen molar-refractivity contribution in [2.45, 2.75) is 32.9 Å². The summed E-state index contributed by atoms with van der Waals surface area (Å²) in [5, 5.41) is 13.0. The summed E-state index contributed by atoms with van der Waals surface area (Å²) < 4.78 is 10.8. The molecular weight excluding hydrogens is 242 g/mol. The van der Waals surface area contributed by atoms with Gasteiger partial charge in [-0.3, -0.25) is 0 Å². The molecule has 0 amide bonds. The molecule has 0 bridgehead atoms. The van der Waals surface area contributed by atoms with E-state index < -0.39 is 6.10 Å². The van der Waals surface area contributed by atoms with Crippen molar-refractivity contribution in [2.24, 2.45) is 0 Å². The summed E-state index contributed by atoms with van der Waals surface area (Å²) in [6, 6.07) is 8.04. The average Bonchev–Trinajstić information content (AvgIpc) is 2.40. The van der Waals surface area contributed by atoms with Gasteiger partial charge >= 0.3 is 0 Å². The van der Waals surface area contributed by atoms with Crippen molar-refractivity contribution in [3.63, 3.8) is 0 Å². The van der Waals surface area contributed by atoms with E-state index in [2.05, 4.69) is 5.32 Å². The van der Waals surface area contributed by atoms with Crippen LogP contribution in [0.4, 0.5) is 0 Å². The maximum Gasteiger partial charge on any atom is 0.119 e. The summed E-state index contributed by atoms with van der Waals surface area (Å²) in [6.45, 7) is 8.17. The Balaban J connectivity index is 2.19. The lowest BCUT2D eigenvalue weighted by atomic mass is 10.2. The summed E-state index contributed by atoms with van der Waals surface area (Å²) in [7, 11) is 0. The molecule has 0 saturated heterocycles. The van der Waals surface area contributed by atoms with Crippen molar-refractivity contribution in [3.05, 3.63) is 29.8 Å².